The van der Waals surface area contributed by atoms with Crippen LogP contribution in [-0.4, -0.2) is 29.4 Å². The first kappa shape index (κ1) is 22.6. The Balaban J connectivity index is 1.27. The Kier molecular flexibility index (Phi) is 7.45. The minimum Gasteiger partial charge on any atom is -0.356 e. The quantitative estimate of drug-likeness (QED) is 0.561. The predicted molar refractivity (Wildman–Crippen MR) is 126 cm³/mol. The number of hydrogen-bond donors (Lipinski definition) is 2. The van der Waals surface area contributed by atoms with E-state index in [4.69, 9.17) is 0 Å². The molecule has 5 nitrogen and oxygen atoms in total. The van der Waals surface area contributed by atoms with Crippen molar-refractivity contribution < 1.29 is 14.0 Å². The highest BCUT2D eigenvalue weighted by Gasteiger charge is 2.28. The molecule has 170 valence electrons. The topological polar surface area (TPSA) is 71.1 Å². The molecule has 0 unspecified atom stereocenters. The summed E-state index contributed by atoms with van der Waals surface area (Å²) >= 11 is 0. The molecule has 0 radical (unpaired) electrons. The van der Waals surface area contributed by atoms with Crippen LogP contribution in [0.3, 0.4) is 0 Å². The van der Waals surface area contributed by atoms with Crippen LogP contribution in [-0.2, 0) is 11.2 Å². The largest absolute Gasteiger partial charge is 0.356 e. The summed E-state index contributed by atoms with van der Waals surface area (Å²) < 4.78 is 13.4. The van der Waals surface area contributed by atoms with Crippen molar-refractivity contribution in [3.05, 3.63) is 89.9 Å². The lowest BCUT2D eigenvalue weighted by Crippen LogP contribution is -2.42. The van der Waals surface area contributed by atoms with Crippen molar-refractivity contribution >= 4 is 11.8 Å². The van der Waals surface area contributed by atoms with E-state index in [1.54, 1.807) is 24.3 Å². The summed E-state index contributed by atoms with van der Waals surface area (Å²) in [5.74, 6) is -0.560. The molecule has 2 N–H and O–H groups in total. The summed E-state index contributed by atoms with van der Waals surface area (Å²) in [6.45, 7) is 0.611. The molecule has 0 spiro atoms. The monoisotopic (exact) mass is 445 g/mol. The van der Waals surface area contributed by atoms with Gasteiger partial charge in [-0.05, 0) is 55.5 Å². The zero-order valence-electron chi connectivity index (χ0n) is 18.5. The smallest absolute Gasteiger partial charge is 0.253 e. The van der Waals surface area contributed by atoms with Gasteiger partial charge in [0.25, 0.3) is 5.91 Å². The van der Waals surface area contributed by atoms with Gasteiger partial charge in [-0.2, -0.15) is 0 Å². The van der Waals surface area contributed by atoms with Gasteiger partial charge in [0.15, 0.2) is 0 Å². The molecule has 0 aliphatic heterocycles. The van der Waals surface area contributed by atoms with Crippen molar-refractivity contribution in [2.45, 2.75) is 38.1 Å². The number of halogens is 1. The second kappa shape index (κ2) is 10.9. The number of hydrogen-bond acceptors (Lipinski definition) is 3. The summed E-state index contributed by atoms with van der Waals surface area (Å²) in [5, 5.41) is 6.10. The van der Waals surface area contributed by atoms with Crippen LogP contribution in [0.5, 0.6) is 0 Å². The van der Waals surface area contributed by atoms with Crippen molar-refractivity contribution in [1.82, 2.24) is 15.6 Å². The van der Waals surface area contributed by atoms with E-state index in [0.29, 0.717) is 29.8 Å². The lowest BCUT2D eigenvalue weighted by Gasteiger charge is -2.29. The third kappa shape index (κ3) is 6.25. The fourth-order valence-corrected chi connectivity index (χ4v) is 4.29. The molecule has 1 aromatic heterocycles. The zero-order valence-corrected chi connectivity index (χ0v) is 18.5. The first-order chi connectivity index (χ1) is 16.1. The molecule has 3 aromatic rings. The van der Waals surface area contributed by atoms with Crippen LogP contribution >= 0.6 is 0 Å². The molecular weight excluding hydrogens is 417 g/mol. The van der Waals surface area contributed by atoms with Gasteiger partial charge in [0.2, 0.25) is 5.91 Å². The summed E-state index contributed by atoms with van der Waals surface area (Å²) in [6.07, 6.45) is 5.54. The van der Waals surface area contributed by atoms with E-state index in [2.05, 4.69) is 27.8 Å². The van der Waals surface area contributed by atoms with Gasteiger partial charge >= 0.3 is 0 Å². The number of aromatic nitrogens is 1. The molecule has 0 bridgehead atoms. The first-order valence-corrected chi connectivity index (χ1v) is 11.4. The average Bonchev–Trinajstić information content (AvgIpc) is 2.85. The Bertz CT molecular complexity index is 1090. The highest BCUT2D eigenvalue weighted by atomic mass is 19.1. The van der Waals surface area contributed by atoms with Crippen molar-refractivity contribution in [2.75, 3.05) is 6.54 Å². The number of nitrogens with one attached hydrogen (secondary N) is 2. The standard InChI is InChI=1S/C27H28FN3O2/c28-23-10-4-8-20(16-23)25-13-12-22(18-30-25)27(33)31-24-11-5-9-21(17-24)26(32)29-15-14-19-6-2-1-3-7-19/h1-4,6-8,10,12-13,16,18,21,24H,5,9,11,14-15,17H2,(H,29,32)(H,31,33)/t21-,24+/m0/s1. The van der Waals surface area contributed by atoms with Crippen molar-refractivity contribution in [3.8, 4) is 11.3 Å². The molecule has 1 heterocycles. The van der Waals surface area contributed by atoms with Gasteiger partial charge in [-0.25, -0.2) is 4.39 Å². The van der Waals surface area contributed by atoms with Gasteiger partial charge in [-0.15, -0.1) is 0 Å². The molecule has 2 atom stereocenters. The third-order valence-electron chi connectivity index (χ3n) is 6.08. The number of pyridine rings is 1. The minimum absolute atomic E-state index is 0.0426. The van der Waals surface area contributed by atoms with E-state index in [-0.39, 0.29) is 29.6 Å². The number of rotatable bonds is 7. The van der Waals surface area contributed by atoms with Gasteiger partial charge < -0.3 is 10.6 Å². The van der Waals surface area contributed by atoms with Crippen molar-refractivity contribution in [1.29, 1.82) is 0 Å². The van der Waals surface area contributed by atoms with Crippen LogP contribution in [0.15, 0.2) is 72.9 Å². The fourth-order valence-electron chi connectivity index (χ4n) is 4.29. The predicted octanol–water partition coefficient (Wildman–Crippen LogP) is 4.54. The van der Waals surface area contributed by atoms with Crippen LogP contribution < -0.4 is 10.6 Å². The van der Waals surface area contributed by atoms with Crippen LogP contribution in [0.4, 0.5) is 4.39 Å². The fraction of sp³-hybridized carbons (Fsp3) is 0.296. The molecular formula is C27H28FN3O2. The first-order valence-electron chi connectivity index (χ1n) is 11.4. The van der Waals surface area contributed by atoms with Crippen LogP contribution in [0.2, 0.25) is 0 Å². The third-order valence-corrected chi connectivity index (χ3v) is 6.08. The normalized spacial score (nSPS) is 17.8. The summed E-state index contributed by atoms with van der Waals surface area (Å²) in [7, 11) is 0. The highest BCUT2D eigenvalue weighted by molar-refractivity contribution is 5.94. The number of carbonyl (C=O) groups excluding carboxylic acids is 2. The molecule has 1 aliphatic rings. The number of amides is 2. The van der Waals surface area contributed by atoms with E-state index in [1.165, 1.54) is 23.9 Å². The molecule has 33 heavy (non-hydrogen) atoms. The highest BCUT2D eigenvalue weighted by Crippen LogP contribution is 2.25. The van der Waals surface area contributed by atoms with Gasteiger partial charge in [-0.3, -0.25) is 14.6 Å². The SMILES string of the molecule is O=C(N[C@@H]1CCC[C@H](C(=O)NCCc2ccccc2)C1)c1ccc(-c2cccc(F)c2)nc1. The molecule has 0 saturated heterocycles. The van der Waals surface area contributed by atoms with Gasteiger partial charge in [0.1, 0.15) is 5.82 Å². The van der Waals surface area contributed by atoms with Gasteiger partial charge in [0.05, 0.1) is 11.3 Å². The number of benzene rings is 2. The maximum absolute atomic E-state index is 13.4. The van der Waals surface area contributed by atoms with Crippen LogP contribution in [0.1, 0.15) is 41.6 Å². The van der Waals surface area contributed by atoms with Crippen LogP contribution in [0, 0.1) is 11.7 Å². The molecule has 6 heteroatoms. The maximum atomic E-state index is 13.4. The van der Waals surface area contributed by atoms with Gasteiger partial charge in [-0.1, -0.05) is 48.9 Å². The second-order valence-electron chi connectivity index (χ2n) is 8.50. The molecule has 1 saturated carbocycles. The van der Waals surface area contributed by atoms with Crippen molar-refractivity contribution in [2.24, 2.45) is 5.92 Å². The number of nitrogens with zero attached hydrogens (tertiary/aromatic N) is 1. The Labute approximate surface area is 193 Å². The molecule has 2 amide bonds. The Hall–Kier alpha value is -3.54. The second-order valence-corrected chi connectivity index (χ2v) is 8.50. The minimum atomic E-state index is -0.327. The summed E-state index contributed by atoms with van der Waals surface area (Å²) in [4.78, 5) is 29.6. The molecule has 1 fully saturated rings. The lowest BCUT2D eigenvalue weighted by atomic mass is 9.85. The summed E-state index contributed by atoms with van der Waals surface area (Å²) in [5.41, 5.74) is 2.92. The molecule has 4 rings (SSSR count). The Morgan fingerprint density at radius 1 is 1.00 bits per heavy atom. The van der Waals surface area contributed by atoms with E-state index >= 15 is 0 Å². The van der Waals surface area contributed by atoms with E-state index in [1.807, 2.05) is 18.2 Å². The summed E-state index contributed by atoms with van der Waals surface area (Å²) in [6, 6.07) is 19.6. The lowest BCUT2D eigenvalue weighted by molar-refractivity contribution is -0.126. The van der Waals surface area contributed by atoms with E-state index < -0.39 is 0 Å². The molecule has 1 aliphatic carbocycles. The van der Waals surface area contributed by atoms with Gasteiger partial charge in [0, 0.05) is 30.3 Å². The average molecular weight is 446 g/mol. The van der Waals surface area contributed by atoms with E-state index in [9.17, 15) is 14.0 Å². The Morgan fingerprint density at radius 2 is 1.85 bits per heavy atom. The Morgan fingerprint density at radius 3 is 2.61 bits per heavy atom. The zero-order chi connectivity index (χ0) is 23.0. The maximum Gasteiger partial charge on any atom is 0.253 e. The van der Waals surface area contributed by atoms with Crippen molar-refractivity contribution in [3.63, 3.8) is 0 Å². The number of carbonyl (C=O) groups is 2. The molecule has 2 aromatic carbocycles. The van der Waals surface area contributed by atoms with E-state index in [0.717, 1.165) is 25.7 Å². The van der Waals surface area contributed by atoms with Crippen LogP contribution in [0.25, 0.3) is 11.3 Å².